The minimum absolute atomic E-state index is 0.00653. The van der Waals surface area contributed by atoms with Crippen LogP contribution in [0.25, 0.3) is 10.9 Å². The van der Waals surface area contributed by atoms with E-state index in [0.717, 1.165) is 42.8 Å². The summed E-state index contributed by atoms with van der Waals surface area (Å²) in [6.45, 7) is 5.87. The highest BCUT2D eigenvalue weighted by atomic mass is 16.5. The van der Waals surface area contributed by atoms with E-state index in [9.17, 15) is 0 Å². The van der Waals surface area contributed by atoms with Crippen LogP contribution in [0.5, 0.6) is 5.75 Å². The Balaban J connectivity index is 1.61. The van der Waals surface area contributed by atoms with Crippen molar-refractivity contribution in [2.45, 2.75) is 50.7 Å². The van der Waals surface area contributed by atoms with Gasteiger partial charge in [0.05, 0.1) is 16.6 Å². The Labute approximate surface area is 183 Å². The van der Waals surface area contributed by atoms with Crippen LogP contribution in [0.15, 0.2) is 36.4 Å². The van der Waals surface area contributed by atoms with E-state index in [2.05, 4.69) is 74.6 Å². The molecule has 3 heterocycles. The molecule has 2 bridgehead atoms. The molecule has 2 aromatic carbocycles. The van der Waals surface area contributed by atoms with Crippen LogP contribution in [-0.4, -0.2) is 36.6 Å². The molecule has 1 fully saturated rings. The van der Waals surface area contributed by atoms with Gasteiger partial charge in [-0.05, 0) is 57.0 Å². The number of hydrogen-bond acceptors (Lipinski definition) is 4. The van der Waals surface area contributed by atoms with Crippen molar-refractivity contribution in [3.05, 3.63) is 64.3 Å². The summed E-state index contributed by atoms with van der Waals surface area (Å²) in [5.74, 6) is 1.14. The van der Waals surface area contributed by atoms with Crippen LogP contribution in [0.1, 0.15) is 47.4 Å². The van der Waals surface area contributed by atoms with Crippen molar-refractivity contribution in [1.29, 1.82) is 0 Å². The minimum Gasteiger partial charge on any atom is -0.483 e. The molecule has 0 saturated carbocycles. The third-order valence-electron chi connectivity index (χ3n) is 9.20. The van der Waals surface area contributed by atoms with E-state index in [1.54, 1.807) is 0 Å². The summed E-state index contributed by atoms with van der Waals surface area (Å²) in [6, 6.07) is 13.7. The summed E-state index contributed by atoms with van der Waals surface area (Å²) in [5.41, 5.74) is 9.20. The van der Waals surface area contributed by atoms with Gasteiger partial charge in [0.1, 0.15) is 5.75 Å². The quantitative estimate of drug-likeness (QED) is 0.625. The van der Waals surface area contributed by atoms with Gasteiger partial charge in [-0.25, -0.2) is 4.98 Å². The van der Waals surface area contributed by atoms with Crippen LogP contribution in [-0.2, 0) is 18.3 Å². The van der Waals surface area contributed by atoms with Crippen LogP contribution in [0.4, 0.5) is 5.69 Å². The number of likely N-dealkylation sites (tertiary alicyclic amines) is 1. The molecular weight excluding hydrogens is 382 g/mol. The molecule has 4 heteroatoms. The number of anilines is 1. The number of hydrogen-bond donors (Lipinski definition) is 1. The lowest BCUT2D eigenvalue weighted by atomic mass is 9.44. The Morgan fingerprint density at radius 3 is 2.87 bits per heavy atom. The molecule has 1 N–H and O–H groups in total. The monoisotopic (exact) mass is 411 g/mol. The van der Waals surface area contributed by atoms with Crippen molar-refractivity contribution in [3.8, 4) is 5.75 Å². The second-order valence-electron chi connectivity index (χ2n) is 10.4. The fourth-order valence-electron chi connectivity index (χ4n) is 7.78. The predicted molar refractivity (Wildman–Crippen MR) is 124 cm³/mol. The standard InChI is InChI=1S/C27H29N3O/c1-15-9-10-16-13-20-26(2)14-18-22(28-3)17-7-5-6-8-19(17)29-23(18)25-27(26,11-12-30(20)4)21(16)24(15)31-25/h5-10,20,25H,11-14H2,1-4H3,(H,28,29)/t20-,25+,26+,27+/m1/s1. The van der Waals surface area contributed by atoms with Gasteiger partial charge in [-0.2, -0.15) is 0 Å². The Hall–Kier alpha value is -2.59. The van der Waals surface area contributed by atoms with Gasteiger partial charge in [0.15, 0.2) is 6.10 Å². The first kappa shape index (κ1) is 18.0. The van der Waals surface area contributed by atoms with Gasteiger partial charge in [0.25, 0.3) is 0 Å². The number of para-hydroxylation sites is 1. The number of nitrogens with one attached hydrogen (secondary N) is 1. The Kier molecular flexibility index (Phi) is 3.26. The van der Waals surface area contributed by atoms with Crippen LogP contribution < -0.4 is 10.1 Å². The summed E-state index contributed by atoms with van der Waals surface area (Å²) in [7, 11) is 4.37. The van der Waals surface area contributed by atoms with Crippen LogP contribution in [0.2, 0.25) is 0 Å². The van der Waals surface area contributed by atoms with Gasteiger partial charge >= 0.3 is 0 Å². The topological polar surface area (TPSA) is 37.4 Å². The van der Waals surface area contributed by atoms with Gasteiger partial charge < -0.3 is 15.0 Å². The number of aryl methyl sites for hydroxylation is 1. The summed E-state index contributed by atoms with van der Waals surface area (Å²) in [4.78, 5) is 7.89. The average Bonchev–Trinajstić information content (AvgIpc) is 3.12. The highest BCUT2D eigenvalue weighted by Gasteiger charge is 2.70. The van der Waals surface area contributed by atoms with Crippen LogP contribution in [0.3, 0.4) is 0 Å². The van der Waals surface area contributed by atoms with Gasteiger partial charge in [-0.1, -0.05) is 37.3 Å². The van der Waals surface area contributed by atoms with E-state index >= 15 is 0 Å². The van der Waals surface area contributed by atoms with E-state index in [0.29, 0.717) is 6.04 Å². The molecule has 0 amide bonds. The molecule has 158 valence electrons. The fourth-order valence-corrected chi connectivity index (χ4v) is 7.78. The number of piperidine rings is 1. The number of ether oxygens (including phenoxy) is 1. The largest absolute Gasteiger partial charge is 0.483 e. The Morgan fingerprint density at radius 2 is 2.03 bits per heavy atom. The van der Waals surface area contributed by atoms with Gasteiger partial charge in [-0.3, -0.25) is 0 Å². The molecule has 31 heavy (non-hydrogen) atoms. The number of benzene rings is 2. The van der Waals surface area contributed by atoms with E-state index in [4.69, 9.17) is 9.72 Å². The molecule has 7 rings (SSSR count). The normalized spacial score (nSPS) is 32.4. The molecule has 1 spiro atoms. The predicted octanol–water partition coefficient (Wildman–Crippen LogP) is 4.78. The zero-order valence-electron chi connectivity index (χ0n) is 18.7. The lowest BCUT2D eigenvalue weighted by Crippen LogP contribution is -2.68. The smallest absolute Gasteiger partial charge is 0.151 e. The first-order valence-electron chi connectivity index (χ1n) is 11.6. The number of rotatable bonds is 1. The molecule has 4 atom stereocenters. The summed E-state index contributed by atoms with van der Waals surface area (Å²) < 4.78 is 6.98. The molecule has 2 aliphatic heterocycles. The third kappa shape index (κ3) is 1.87. The summed E-state index contributed by atoms with van der Waals surface area (Å²) in [6.07, 6.45) is 3.27. The molecular formula is C27H29N3O. The molecule has 0 radical (unpaired) electrons. The van der Waals surface area contributed by atoms with Crippen molar-refractivity contribution in [3.63, 3.8) is 0 Å². The Morgan fingerprint density at radius 1 is 1.19 bits per heavy atom. The highest BCUT2D eigenvalue weighted by Crippen LogP contribution is 2.71. The second-order valence-corrected chi connectivity index (χ2v) is 10.4. The molecule has 3 aromatic rings. The second kappa shape index (κ2) is 5.60. The maximum Gasteiger partial charge on any atom is 0.151 e. The van der Waals surface area contributed by atoms with Crippen molar-refractivity contribution >= 4 is 16.6 Å². The van der Waals surface area contributed by atoms with Crippen molar-refractivity contribution in [2.24, 2.45) is 5.41 Å². The minimum atomic E-state index is -0.00990. The van der Waals surface area contributed by atoms with E-state index in [1.165, 1.54) is 33.3 Å². The van der Waals surface area contributed by atoms with E-state index in [-0.39, 0.29) is 16.9 Å². The van der Waals surface area contributed by atoms with Gasteiger partial charge in [0.2, 0.25) is 0 Å². The van der Waals surface area contributed by atoms with Crippen LogP contribution >= 0.6 is 0 Å². The molecule has 4 aliphatic rings. The summed E-state index contributed by atoms with van der Waals surface area (Å²) >= 11 is 0. The molecule has 0 unspecified atom stereocenters. The number of likely N-dealkylation sites (N-methyl/N-ethyl adjacent to an activating group) is 1. The molecule has 1 aromatic heterocycles. The maximum atomic E-state index is 6.98. The number of pyridine rings is 1. The summed E-state index contributed by atoms with van der Waals surface area (Å²) in [5, 5.41) is 4.77. The first-order chi connectivity index (χ1) is 15.0. The fraction of sp³-hybridized carbons (Fsp3) is 0.444. The van der Waals surface area contributed by atoms with Crippen LogP contribution in [0, 0.1) is 12.3 Å². The Bertz CT molecular complexity index is 1280. The SMILES string of the molecule is CNc1c2c(nc3ccccc13)[C@@H]1Oc3c(C)ccc4c3[C@@]13CCN(C)[C@H](C4)[C@]3(C)C2. The lowest BCUT2D eigenvalue weighted by Gasteiger charge is -2.64. The molecule has 1 saturated heterocycles. The molecule has 2 aliphatic carbocycles. The first-order valence-corrected chi connectivity index (χ1v) is 11.6. The highest BCUT2D eigenvalue weighted by molar-refractivity contribution is 5.94. The number of nitrogens with zero attached hydrogens (tertiary/aromatic N) is 2. The third-order valence-corrected chi connectivity index (χ3v) is 9.20. The van der Waals surface area contributed by atoms with E-state index < -0.39 is 0 Å². The average molecular weight is 412 g/mol. The zero-order chi connectivity index (χ0) is 21.1. The van der Waals surface area contributed by atoms with E-state index in [1.807, 2.05) is 0 Å². The van der Waals surface area contributed by atoms with Crippen molar-refractivity contribution in [2.75, 3.05) is 26.0 Å². The van der Waals surface area contributed by atoms with Crippen molar-refractivity contribution < 1.29 is 4.74 Å². The lowest BCUT2D eigenvalue weighted by molar-refractivity contribution is -0.0908. The molecule has 4 nitrogen and oxygen atoms in total. The van der Waals surface area contributed by atoms with Gasteiger partial charge in [0, 0.05) is 40.7 Å². The number of aromatic nitrogens is 1. The maximum absolute atomic E-state index is 6.98. The number of fused-ring (bicyclic) bond motifs is 3. The van der Waals surface area contributed by atoms with Crippen molar-refractivity contribution in [1.82, 2.24) is 9.88 Å². The van der Waals surface area contributed by atoms with Gasteiger partial charge in [-0.15, -0.1) is 0 Å². The zero-order valence-corrected chi connectivity index (χ0v) is 18.7.